The number of para-hydroxylation sites is 3. The van der Waals surface area contributed by atoms with Gasteiger partial charge >= 0.3 is 0 Å². The second-order valence-corrected chi connectivity index (χ2v) is 21.0. The van der Waals surface area contributed by atoms with E-state index in [-0.39, 0.29) is 0 Å². The van der Waals surface area contributed by atoms with E-state index in [2.05, 4.69) is 289 Å². The summed E-state index contributed by atoms with van der Waals surface area (Å²) in [6, 6.07) is 105. The molecule has 2 heterocycles. The second kappa shape index (κ2) is 15.4. The van der Waals surface area contributed by atoms with Gasteiger partial charge in [0, 0.05) is 27.6 Å². The number of hydrogen-bond donors (Lipinski definition) is 0. The Kier molecular flexibility index (Phi) is 8.44. The Balaban J connectivity index is 1.00. The lowest BCUT2D eigenvalue weighted by Crippen LogP contribution is -2.33. The van der Waals surface area contributed by atoms with Crippen LogP contribution in [-0.4, -0.2) is 4.57 Å². The molecule has 13 aromatic rings. The highest BCUT2D eigenvalue weighted by atomic mass is 15.2. The highest BCUT2D eigenvalue weighted by molar-refractivity contribution is 6.13. The fraction of sp³-hybridized carbons (Fsp3) is 0.0270. The predicted molar refractivity (Wildman–Crippen MR) is 313 cm³/mol. The van der Waals surface area contributed by atoms with Crippen LogP contribution >= 0.6 is 0 Å². The van der Waals surface area contributed by atoms with Gasteiger partial charge in [-0.15, -0.1) is 0 Å². The zero-order valence-corrected chi connectivity index (χ0v) is 41.5. The average molecular weight is 963 g/mol. The molecule has 76 heavy (non-hydrogen) atoms. The second-order valence-electron chi connectivity index (χ2n) is 21.0. The molecule has 17 rings (SSSR count). The van der Waals surface area contributed by atoms with Crippen LogP contribution in [0.15, 0.2) is 279 Å². The summed E-state index contributed by atoms with van der Waals surface area (Å²) in [5.41, 5.74) is 28.8. The van der Waals surface area contributed by atoms with Crippen molar-refractivity contribution < 1.29 is 0 Å². The number of anilines is 3. The topological polar surface area (TPSA) is 8.17 Å². The Morgan fingerprint density at radius 2 is 0.737 bits per heavy atom. The molecule has 0 N–H and O–H groups in total. The molecule has 0 amide bonds. The molecule has 0 saturated heterocycles. The summed E-state index contributed by atoms with van der Waals surface area (Å²) in [6.45, 7) is 0. The van der Waals surface area contributed by atoms with Crippen LogP contribution in [0.4, 0.5) is 17.1 Å². The van der Waals surface area contributed by atoms with Crippen molar-refractivity contribution in [3.05, 3.63) is 324 Å². The molecule has 2 spiro atoms. The first kappa shape index (κ1) is 41.7. The molecule has 4 aliphatic rings. The molecule has 1 aliphatic heterocycles. The first-order valence-electron chi connectivity index (χ1n) is 26.6. The van der Waals surface area contributed by atoms with Crippen LogP contribution in [0.5, 0.6) is 0 Å². The summed E-state index contributed by atoms with van der Waals surface area (Å²) >= 11 is 0. The maximum atomic E-state index is 2.61. The molecule has 1 aromatic heterocycles. The number of aromatic nitrogens is 1. The van der Waals surface area contributed by atoms with Gasteiger partial charge in [-0.05, 0) is 131 Å². The summed E-state index contributed by atoms with van der Waals surface area (Å²) in [7, 11) is 0. The molecule has 0 fully saturated rings. The first-order chi connectivity index (χ1) is 37.7. The normalized spacial score (nSPS) is 14.0. The third kappa shape index (κ3) is 5.20. The van der Waals surface area contributed by atoms with Crippen molar-refractivity contribution in [3.8, 4) is 61.3 Å². The van der Waals surface area contributed by atoms with Gasteiger partial charge < -0.3 is 9.47 Å². The van der Waals surface area contributed by atoms with Gasteiger partial charge in [-0.25, -0.2) is 0 Å². The van der Waals surface area contributed by atoms with E-state index in [9.17, 15) is 0 Å². The van der Waals surface area contributed by atoms with E-state index in [0.717, 1.165) is 28.2 Å². The number of hydrogen-bond acceptors (Lipinski definition) is 1. The third-order valence-corrected chi connectivity index (χ3v) is 17.6. The van der Waals surface area contributed by atoms with Crippen molar-refractivity contribution in [2.24, 2.45) is 0 Å². The molecule has 2 nitrogen and oxygen atoms in total. The molecular formula is C74H46N2. The van der Waals surface area contributed by atoms with Gasteiger partial charge in [0.2, 0.25) is 0 Å². The Bertz CT molecular complexity index is 4520. The van der Waals surface area contributed by atoms with Crippen LogP contribution in [-0.2, 0) is 10.8 Å². The van der Waals surface area contributed by atoms with E-state index in [1.54, 1.807) is 0 Å². The molecule has 0 radical (unpaired) electrons. The average Bonchev–Trinajstić information content (AvgIpc) is 4.01. The molecular weight excluding hydrogens is 917 g/mol. The monoisotopic (exact) mass is 962 g/mol. The molecule has 0 bridgehead atoms. The molecule has 12 aromatic carbocycles. The lowest BCUT2D eigenvalue weighted by Gasteiger charge is -2.40. The van der Waals surface area contributed by atoms with Gasteiger partial charge in [0.25, 0.3) is 0 Å². The number of benzene rings is 12. The maximum Gasteiger partial charge on any atom is 0.0755 e. The minimum atomic E-state index is -0.621. The standard InChI is InChI=1S/C74H46N2/c1-2-21-47(22-3-1)48-23-18-24-49(45-48)51-25-9-16-40-67(51)75(70-42-20-38-64-71(70)58-31-8-15-37-63(58)73(64)59-33-11-4-26-52(59)53-27-5-12-34-60(53)73)50-43-44-69-66(46-50)74(61-35-13-6-28-54(61)55-29-7-14-36-62(55)74)65-39-19-32-57-56-30-10-17-41-68(56)76(69)72(57)65/h1-46H. The lowest BCUT2D eigenvalue weighted by atomic mass is 9.65. The minimum Gasteiger partial charge on any atom is -0.309 e. The number of rotatable bonds is 5. The zero-order chi connectivity index (χ0) is 49.7. The molecule has 0 atom stereocenters. The predicted octanol–water partition coefficient (Wildman–Crippen LogP) is 18.6. The highest BCUT2D eigenvalue weighted by Crippen LogP contribution is 2.66. The van der Waals surface area contributed by atoms with E-state index in [1.807, 2.05) is 0 Å². The van der Waals surface area contributed by atoms with E-state index in [0.29, 0.717) is 0 Å². The fourth-order valence-corrected chi connectivity index (χ4v) is 14.8. The maximum absolute atomic E-state index is 2.61. The third-order valence-electron chi connectivity index (χ3n) is 17.6. The number of nitrogens with zero attached hydrogens (tertiary/aromatic N) is 2. The van der Waals surface area contributed by atoms with Crippen molar-refractivity contribution in [2.75, 3.05) is 4.90 Å². The fourth-order valence-electron chi connectivity index (χ4n) is 14.8. The minimum absolute atomic E-state index is 0.508. The zero-order valence-electron chi connectivity index (χ0n) is 41.5. The molecule has 352 valence electrons. The van der Waals surface area contributed by atoms with Crippen LogP contribution in [0.1, 0.15) is 44.5 Å². The van der Waals surface area contributed by atoms with Gasteiger partial charge in [0.15, 0.2) is 0 Å². The van der Waals surface area contributed by atoms with Gasteiger partial charge in [-0.1, -0.05) is 237 Å². The van der Waals surface area contributed by atoms with E-state index in [1.165, 1.54) is 117 Å². The summed E-state index contributed by atoms with van der Waals surface area (Å²) in [4.78, 5) is 2.61. The van der Waals surface area contributed by atoms with E-state index < -0.39 is 10.8 Å². The highest BCUT2D eigenvalue weighted by Gasteiger charge is 2.54. The van der Waals surface area contributed by atoms with Crippen molar-refractivity contribution >= 4 is 38.9 Å². The summed E-state index contributed by atoms with van der Waals surface area (Å²) in [6.07, 6.45) is 0. The van der Waals surface area contributed by atoms with Crippen LogP contribution < -0.4 is 4.90 Å². The molecule has 3 aliphatic carbocycles. The SMILES string of the molecule is c1ccc(-c2cccc(-c3ccccc3N(c3ccc4c(c3)C3(c5ccccc5-c5ccccc53)c3cccc5c6ccccc6n-4c35)c3cccc4c3-c3ccccc3C43c4ccccc4-c4ccccc43)c2)cc1. The van der Waals surface area contributed by atoms with Crippen LogP contribution in [0.2, 0.25) is 0 Å². The van der Waals surface area contributed by atoms with Gasteiger partial charge in [-0.3, -0.25) is 0 Å². The molecule has 2 heteroatoms. The van der Waals surface area contributed by atoms with Crippen molar-refractivity contribution in [3.63, 3.8) is 0 Å². The number of fused-ring (bicyclic) bond motifs is 22. The largest absolute Gasteiger partial charge is 0.309 e. The molecule has 0 unspecified atom stereocenters. The van der Waals surface area contributed by atoms with E-state index >= 15 is 0 Å². The summed E-state index contributed by atoms with van der Waals surface area (Å²) < 4.78 is 2.57. The van der Waals surface area contributed by atoms with Crippen molar-refractivity contribution in [2.45, 2.75) is 10.8 Å². The van der Waals surface area contributed by atoms with Gasteiger partial charge in [0.1, 0.15) is 0 Å². The van der Waals surface area contributed by atoms with Crippen LogP contribution in [0, 0.1) is 0 Å². The first-order valence-corrected chi connectivity index (χ1v) is 26.6. The van der Waals surface area contributed by atoms with Crippen LogP contribution in [0.3, 0.4) is 0 Å². The Labute approximate surface area is 441 Å². The quantitative estimate of drug-likeness (QED) is 0.167. The molecule has 0 saturated carbocycles. The van der Waals surface area contributed by atoms with E-state index in [4.69, 9.17) is 0 Å². The van der Waals surface area contributed by atoms with Crippen molar-refractivity contribution in [1.82, 2.24) is 4.57 Å². The van der Waals surface area contributed by atoms with Crippen molar-refractivity contribution in [1.29, 1.82) is 0 Å². The van der Waals surface area contributed by atoms with Gasteiger partial charge in [0.05, 0.1) is 38.9 Å². The summed E-state index contributed by atoms with van der Waals surface area (Å²) in [5, 5.41) is 2.54. The Morgan fingerprint density at radius 1 is 0.276 bits per heavy atom. The Morgan fingerprint density at radius 3 is 1.42 bits per heavy atom. The lowest BCUT2D eigenvalue weighted by molar-refractivity contribution is 0.748. The smallest absolute Gasteiger partial charge is 0.0755 e. The Hall–Kier alpha value is -9.76. The van der Waals surface area contributed by atoms with Crippen LogP contribution in [0.25, 0.3) is 83.1 Å². The summed E-state index contributed by atoms with van der Waals surface area (Å²) in [5.74, 6) is 0. The van der Waals surface area contributed by atoms with Gasteiger partial charge in [-0.2, -0.15) is 0 Å².